The van der Waals surface area contributed by atoms with E-state index in [-0.39, 0.29) is 23.4 Å². The smallest absolute Gasteiger partial charge is 0.220 e. The Balaban J connectivity index is 1.11. The van der Waals surface area contributed by atoms with Crippen LogP contribution in [-0.4, -0.2) is 83.8 Å². The molecule has 2 atom stereocenters. The summed E-state index contributed by atoms with van der Waals surface area (Å²) in [6.45, 7) is 9.27. The first-order chi connectivity index (χ1) is 21.9. The van der Waals surface area contributed by atoms with E-state index in [0.29, 0.717) is 12.3 Å². The minimum absolute atomic E-state index is 0.204. The average Bonchev–Trinajstić information content (AvgIpc) is 3.74. The number of phenolic OH excluding ortho intramolecular Hbond substituents is 1. The van der Waals surface area contributed by atoms with Crippen LogP contribution in [0.2, 0.25) is 0 Å². The molecule has 4 fully saturated rings. The van der Waals surface area contributed by atoms with Gasteiger partial charge in [0.05, 0.1) is 18.8 Å². The topological polar surface area (TPSA) is 72.4 Å². The van der Waals surface area contributed by atoms with Gasteiger partial charge < -0.3 is 29.4 Å². The van der Waals surface area contributed by atoms with Crippen LogP contribution in [0, 0.1) is 8.99 Å². The second-order valence-electron chi connectivity index (χ2n) is 14.2. The van der Waals surface area contributed by atoms with Gasteiger partial charge in [0.1, 0.15) is 5.75 Å². The van der Waals surface area contributed by atoms with E-state index in [1.807, 2.05) is 18.2 Å². The lowest BCUT2D eigenvalue weighted by molar-refractivity contribution is -0.132. The van der Waals surface area contributed by atoms with E-state index in [1.165, 1.54) is 65.4 Å². The number of hydrogen-bond donors (Lipinski definition) is 1. The van der Waals surface area contributed by atoms with Crippen LogP contribution >= 0.6 is 22.6 Å². The van der Waals surface area contributed by atoms with Gasteiger partial charge in [-0.05, 0) is 98.1 Å². The van der Waals surface area contributed by atoms with Crippen LogP contribution in [-0.2, 0) is 17.8 Å². The number of likely N-dealkylation sites (tertiary alicyclic amines) is 1. The third-order valence-electron chi connectivity index (χ3n) is 11.0. The van der Waals surface area contributed by atoms with Crippen molar-refractivity contribution >= 4 is 50.6 Å². The highest BCUT2D eigenvalue weighted by atomic mass is 127. The van der Waals surface area contributed by atoms with Gasteiger partial charge in [-0.3, -0.25) is 4.79 Å². The number of phenols is 1. The van der Waals surface area contributed by atoms with Crippen molar-refractivity contribution in [3.8, 4) is 11.6 Å². The molecule has 1 aliphatic carbocycles. The van der Waals surface area contributed by atoms with E-state index >= 15 is 0 Å². The average molecular weight is 722 g/mol. The maximum Gasteiger partial charge on any atom is 0.220 e. The number of anilines is 2. The molecule has 1 saturated carbocycles. The SMILES string of the molecule is CC(=O)N1C2CCC1CN(c1cc(OCC3(CN4CCCCC4)CC3)nc3c1CCN(c1cc(O)cc4cccc(I)c14)C3)C2. The highest BCUT2D eigenvalue weighted by Gasteiger charge is 2.45. The molecule has 9 heteroatoms. The second-order valence-corrected chi connectivity index (χ2v) is 15.4. The molecule has 8 rings (SSSR count). The molecule has 0 radical (unpaired) electrons. The number of carbonyl (C=O) groups is 1. The first-order valence-corrected chi connectivity index (χ1v) is 18.0. The van der Waals surface area contributed by atoms with Crippen LogP contribution in [0.5, 0.6) is 11.6 Å². The normalized spacial score (nSPS) is 24.2. The lowest BCUT2D eigenvalue weighted by Gasteiger charge is -2.43. The molecule has 2 aromatic carbocycles. The molecule has 45 heavy (non-hydrogen) atoms. The fourth-order valence-electron chi connectivity index (χ4n) is 8.61. The number of nitrogens with zero attached hydrogens (tertiary/aromatic N) is 5. The summed E-state index contributed by atoms with van der Waals surface area (Å²) in [6, 6.07) is 12.8. The summed E-state index contributed by atoms with van der Waals surface area (Å²) in [5.74, 6) is 1.22. The van der Waals surface area contributed by atoms with E-state index < -0.39 is 0 Å². The Morgan fingerprint density at radius 2 is 1.80 bits per heavy atom. The molecule has 238 valence electrons. The fourth-order valence-corrected chi connectivity index (χ4v) is 9.40. The van der Waals surface area contributed by atoms with E-state index in [1.54, 1.807) is 6.92 Å². The third kappa shape index (κ3) is 5.72. The molecular formula is C36H44IN5O3. The van der Waals surface area contributed by atoms with Crippen molar-refractivity contribution in [2.45, 2.75) is 76.9 Å². The van der Waals surface area contributed by atoms with Gasteiger partial charge in [-0.25, -0.2) is 4.98 Å². The molecule has 5 aliphatic rings. The van der Waals surface area contributed by atoms with E-state index in [9.17, 15) is 9.90 Å². The van der Waals surface area contributed by atoms with Gasteiger partial charge in [0, 0.05) is 88.6 Å². The number of piperidine rings is 1. The standard InChI is InChI=1S/C36H44IN5O3/c1-24(43)42-26-8-9-27(42)20-41(19-26)32-18-34(45-23-36(11-12-36)22-39-13-3-2-4-14-39)38-31-21-40(15-10-29(31)32)33-17-28(44)16-25-6-5-7-30(37)35(25)33/h5-7,16-18,26-27,44H,2-4,8-15,19-23H2,1H3. The number of benzene rings is 2. The van der Waals surface area contributed by atoms with Gasteiger partial charge in [0.15, 0.2) is 0 Å². The molecule has 4 aliphatic heterocycles. The quantitative estimate of drug-likeness (QED) is 0.303. The van der Waals surface area contributed by atoms with Crippen molar-refractivity contribution in [3.63, 3.8) is 0 Å². The highest BCUT2D eigenvalue weighted by molar-refractivity contribution is 14.1. The van der Waals surface area contributed by atoms with Crippen molar-refractivity contribution in [2.24, 2.45) is 5.41 Å². The van der Waals surface area contributed by atoms with Crippen molar-refractivity contribution in [3.05, 3.63) is 51.2 Å². The molecule has 3 saturated heterocycles. The number of rotatable bonds is 7. The van der Waals surface area contributed by atoms with Crippen molar-refractivity contribution in [1.29, 1.82) is 0 Å². The van der Waals surface area contributed by atoms with Gasteiger partial charge in [0.2, 0.25) is 11.8 Å². The molecule has 5 heterocycles. The number of aromatic hydroxyl groups is 1. The monoisotopic (exact) mass is 721 g/mol. The number of amides is 1. The van der Waals surface area contributed by atoms with Gasteiger partial charge in [0.25, 0.3) is 0 Å². The lowest BCUT2D eigenvalue weighted by atomic mass is 9.99. The summed E-state index contributed by atoms with van der Waals surface area (Å²) in [6.07, 6.45) is 9.48. The Morgan fingerprint density at radius 3 is 2.53 bits per heavy atom. The summed E-state index contributed by atoms with van der Waals surface area (Å²) < 4.78 is 7.84. The zero-order chi connectivity index (χ0) is 30.7. The predicted octanol–water partition coefficient (Wildman–Crippen LogP) is 5.95. The Morgan fingerprint density at radius 1 is 1.02 bits per heavy atom. The predicted molar refractivity (Wildman–Crippen MR) is 186 cm³/mol. The number of aromatic nitrogens is 1. The zero-order valence-corrected chi connectivity index (χ0v) is 28.5. The second kappa shape index (κ2) is 11.8. The van der Waals surface area contributed by atoms with Crippen LogP contribution in [0.1, 0.15) is 63.1 Å². The van der Waals surface area contributed by atoms with Gasteiger partial charge >= 0.3 is 0 Å². The number of pyridine rings is 1. The Labute approximate surface area is 279 Å². The largest absolute Gasteiger partial charge is 0.508 e. The minimum atomic E-state index is 0.204. The van der Waals surface area contributed by atoms with Gasteiger partial charge in [-0.1, -0.05) is 18.6 Å². The summed E-state index contributed by atoms with van der Waals surface area (Å²) >= 11 is 2.41. The first kappa shape index (κ1) is 29.6. The number of piperazine rings is 1. The van der Waals surface area contributed by atoms with Crippen molar-refractivity contribution < 1.29 is 14.6 Å². The maximum atomic E-state index is 12.5. The van der Waals surface area contributed by atoms with Gasteiger partial charge in [-0.2, -0.15) is 0 Å². The number of carbonyl (C=O) groups excluding carboxylic acids is 1. The molecule has 3 aromatic rings. The third-order valence-corrected chi connectivity index (χ3v) is 11.9. The number of fused-ring (bicyclic) bond motifs is 4. The van der Waals surface area contributed by atoms with Crippen LogP contribution in [0.15, 0.2) is 36.4 Å². The number of hydrogen-bond acceptors (Lipinski definition) is 7. The van der Waals surface area contributed by atoms with Crippen LogP contribution in [0.4, 0.5) is 11.4 Å². The summed E-state index contributed by atoms with van der Waals surface area (Å²) in [5, 5.41) is 12.9. The molecule has 2 bridgehead atoms. The van der Waals surface area contributed by atoms with E-state index in [0.717, 1.165) is 74.7 Å². The zero-order valence-electron chi connectivity index (χ0n) is 26.3. The molecule has 1 N–H and O–H groups in total. The Bertz CT molecular complexity index is 1610. The molecule has 2 unspecified atom stereocenters. The van der Waals surface area contributed by atoms with Crippen molar-refractivity contribution in [2.75, 3.05) is 55.7 Å². The lowest BCUT2D eigenvalue weighted by Crippen LogP contribution is -2.55. The minimum Gasteiger partial charge on any atom is -0.508 e. The summed E-state index contributed by atoms with van der Waals surface area (Å²) in [5.41, 5.74) is 4.93. The van der Waals surface area contributed by atoms with Crippen molar-refractivity contribution in [1.82, 2.24) is 14.8 Å². The number of ether oxygens (including phenoxy) is 1. The maximum absolute atomic E-state index is 12.5. The van der Waals surface area contributed by atoms with Crippen LogP contribution in [0.25, 0.3) is 10.8 Å². The first-order valence-electron chi connectivity index (χ1n) is 16.9. The molecular weight excluding hydrogens is 677 g/mol. The molecule has 0 spiro atoms. The molecule has 1 amide bonds. The molecule has 8 nitrogen and oxygen atoms in total. The summed E-state index contributed by atoms with van der Waals surface area (Å²) in [7, 11) is 0. The highest BCUT2D eigenvalue weighted by Crippen LogP contribution is 2.47. The number of halogens is 1. The van der Waals surface area contributed by atoms with E-state index in [2.05, 4.69) is 60.4 Å². The van der Waals surface area contributed by atoms with E-state index in [4.69, 9.17) is 9.72 Å². The van der Waals surface area contributed by atoms with Crippen LogP contribution in [0.3, 0.4) is 0 Å². The van der Waals surface area contributed by atoms with Gasteiger partial charge in [-0.15, -0.1) is 0 Å². The molecule has 1 aromatic heterocycles. The summed E-state index contributed by atoms with van der Waals surface area (Å²) in [4.78, 5) is 27.4. The Kier molecular flexibility index (Phi) is 7.75. The fraction of sp³-hybridized carbons (Fsp3) is 0.556. The Hall–Kier alpha value is -2.79. The van der Waals surface area contributed by atoms with Crippen LogP contribution < -0.4 is 14.5 Å².